The van der Waals surface area contributed by atoms with E-state index in [1.54, 1.807) is 18.2 Å². The van der Waals surface area contributed by atoms with E-state index < -0.39 is 11.6 Å². The molecule has 0 aliphatic heterocycles. The van der Waals surface area contributed by atoms with Gasteiger partial charge in [0.1, 0.15) is 0 Å². The van der Waals surface area contributed by atoms with Crippen molar-refractivity contribution in [3.63, 3.8) is 0 Å². The number of carbonyl (C=O) groups is 1. The largest absolute Gasteiger partial charge is 0.493 e. The molecular formula is C14H21ClN2O3. The predicted octanol–water partition coefficient (Wildman–Crippen LogP) is 3.02. The minimum absolute atomic E-state index is 0.189. The van der Waals surface area contributed by atoms with Crippen LogP contribution in [-0.2, 0) is 0 Å². The van der Waals surface area contributed by atoms with Crippen molar-refractivity contribution in [1.82, 2.24) is 5.32 Å². The molecule has 0 aromatic heterocycles. The molecule has 0 radical (unpaired) electrons. The van der Waals surface area contributed by atoms with Crippen molar-refractivity contribution in [2.24, 2.45) is 0 Å². The number of hydrogen-bond donors (Lipinski definition) is 3. The average molecular weight is 301 g/mol. The molecule has 0 aliphatic rings. The Balaban J connectivity index is 2.66. The highest BCUT2D eigenvalue weighted by Crippen LogP contribution is 2.32. The number of urea groups is 1. The van der Waals surface area contributed by atoms with Gasteiger partial charge in [-0.15, -0.1) is 0 Å². The van der Waals surface area contributed by atoms with E-state index in [0.29, 0.717) is 29.3 Å². The molecule has 0 bridgehead atoms. The average Bonchev–Trinajstić information content (AvgIpc) is 2.45. The zero-order valence-electron chi connectivity index (χ0n) is 12.0. The van der Waals surface area contributed by atoms with Gasteiger partial charge >= 0.3 is 6.03 Å². The first-order chi connectivity index (χ1) is 9.45. The summed E-state index contributed by atoms with van der Waals surface area (Å²) in [5, 5.41) is 15.8. The van der Waals surface area contributed by atoms with Crippen molar-refractivity contribution in [2.45, 2.75) is 32.3 Å². The van der Waals surface area contributed by atoms with E-state index in [4.69, 9.17) is 16.3 Å². The molecule has 112 valence electrons. The number of halogens is 1. The number of anilines is 1. The maximum atomic E-state index is 11.8. The highest BCUT2D eigenvalue weighted by molar-refractivity contribution is 6.32. The summed E-state index contributed by atoms with van der Waals surface area (Å²) in [5.74, 6) is 0.408. The van der Waals surface area contributed by atoms with Crippen molar-refractivity contribution in [2.75, 3.05) is 19.0 Å². The molecule has 20 heavy (non-hydrogen) atoms. The van der Waals surface area contributed by atoms with Crippen molar-refractivity contribution in [3.05, 3.63) is 23.2 Å². The monoisotopic (exact) mass is 300 g/mol. The molecule has 0 fully saturated rings. The number of ether oxygens (including phenoxy) is 1. The van der Waals surface area contributed by atoms with Crippen LogP contribution in [0.3, 0.4) is 0 Å². The smallest absolute Gasteiger partial charge is 0.319 e. The Kier molecular flexibility index (Phi) is 6.10. The number of para-hydroxylation sites is 1. The summed E-state index contributed by atoms with van der Waals surface area (Å²) in [6.45, 7) is 3.95. The summed E-state index contributed by atoms with van der Waals surface area (Å²) < 4.78 is 5.14. The molecular weight excluding hydrogens is 280 g/mol. The third kappa shape index (κ3) is 4.28. The fourth-order valence-electron chi connectivity index (χ4n) is 1.73. The van der Waals surface area contributed by atoms with Crippen molar-refractivity contribution < 1.29 is 14.6 Å². The molecule has 1 aromatic carbocycles. The van der Waals surface area contributed by atoms with Gasteiger partial charge in [-0.3, -0.25) is 0 Å². The molecule has 0 atom stereocenters. The van der Waals surface area contributed by atoms with Gasteiger partial charge in [0, 0.05) is 6.54 Å². The van der Waals surface area contributed by atoms with Crippen molar-refractivity contribution >= 4 is 23.3 Å². The zero-order chi connectivity index (χ0) is 15.2. The summed E-state index contributed by atoms with van der Waals surface area (Å²) in [4.78, 5) is 11.8. The Morgan fingerprint density at radius 1 is 1.40 bits per heavy atom. The molecule has 0 saturated carbocycles. The molecule has 1 rings (SSSR count). The third-order valence-corrected chi connectivity index (χ3v) is 3.61. The maximum absolute atomic E-state index is 11.8. The highest BCUT2D eigenvalue weighted by atomic mass is 35.5. The summed E-state index contributed by atoms with van der Waals surface area (Å²) in [5.41, 5.74) is -0.399. The fourth-order valence-corrected chi connectivity index (χ4v) is 1.98. The summed E-state index contributed by atoms with van der Waals surface area (Å²) in [7, 11) is 1.48. The number of carbonyl (C=O) groups excluding carboxylic acids is 1. The van der Waals surface area contributed by atoms with Crippen LogP contribution in [0.2, 0.25) is 5.02 Å². The summed E-state index contributed by atoms with van der Waals surface area (Å²) in [6.07, 6.45) is 1.15. The Bertz CT molecular complexity index is 462. The van der Waals surface area contributed by atoms with Crippen LogP contribution in [-0.4, -0.2) is 30.4 Å². The number of hydrogen-bond acceptors (Lipinski definition) is 3. The molecule has 0 unspecified atom stereocenters. The lowest BCUT2D eigenvalue weighted by Crippen LogP contribution is -2.43. The standard InChI is InChI=1S/C14H21ClN2O3/c1-4-14(19,5-2)9-16-13(18)17-11-8-6-7-10(15)12(11)20-3/h6-8,19H,4-5,9H2,1-3H3,(H2,16,17,18). The number of benzene rings is 1. The minimum atomic E-state index is -0.879. The number of nitrogens with one attached hydrogen (secondary N) is 2. The number of amides is 2. The van der Waals surface area contributed by atoms with Crippen molar-refractivity contribution in [1.29, 1.82) is 0 Å². The predicted molar refractivity (Wildman–Crippen MR) is 80.6 cm³/mol. The lowest BCUT2D eigenvalue weighted by Gasteiger charge is -2.25. The quantitative estimate of drug-likeness (QED) is 0.756. The van der Waals surface area contributed by atoms with E-state index in [1.807, 2.05) is 13.8 Å². The fraction of sp³-hybridized carbons (Fsp3) is 0.500. The van der Waals surface area contributed by atoms with Gasteiger partial charge in [0.25, 0.3) is 0 Å². The van der Waals surface area contributed by atoms with Gasteiger partial charge in [-0.05, 0) is 25.0 Å². The van der Waals surface area contributed by atoms with Gasteiger partial charge in [0.15, 0.2) is 5.75 Å². The van der Waals surface area contributed by atoms with E-state index in [9.17, 15) is 9.90 Å². The van der Waals surface area contributed by atoms with E-state index in [-0.39, 0.29) is 6.54 Å². The number of rotatable bonds is 6. The summed E-state index contributed by atoms with van der Waals surface area (Å²) >= 11 is 5.97. The molecule has 6 heteroatoms. The second kappa shape index (κ2) is 7.36. The molecule has 2 amide bonds. The van der Waals surface area contributed by atoms with Crippen LogP contribution in [0.15, 0.2) is 18.2 Å². The first-order valence-electron chi connectivity index (χ1n) is 6.55. The van der Waals surface area contributed by atoms with Crippen LogP contribution in [0.25, 0.3) is 0 Å². The third-order valence-electron chi connectivity index (χ3n) is 3.31. The Labute approximate surface area is 124 Å². The van der Waals surface area contributed by atoms with Crippen LogP contribution in [0.5, 0.6) is 5.75 Å². The SMILES string of the molecule is CCC(O)(CC)CNC(=O)Nc1cccc(Cl)c1OC. The van der Waals surface area contributed by atoms with E-state index >= 15 is 0 Å². The summed E-state index contributed by atoms with van der Waals surface area (Å²) in [6, 6.07) is 4.67. The second-order valence-corrected chi connectivity index (χ2v) is 4.97. The van der Waals surface area contributed by atoms with Gasteiger partial charge in [0.05, 0.1) is 23.4 Å². The molecule has 0 spiro atoms. The molecule has 0 aliphatic carbocycles. The molecule has 5 nitrogen and oxygen atoms in total. The van der Waals surface area contributed by atoms with Gasteiger partial charge in [-0.1, -0.05) is 31.5 Å². The second-order valence-electron chi connectivity index (χ2n) is 4.56. The van der Waals surface area contributed by atoms with Crippen LogP contribution in [0.4, 0.5) is 10.5 Å². The molecule has 0 saturated heterocycles. The Morgan fingerprint density at radius 3 is 2.60 bits per heavy atom. The number of aliphatic hydroxyl groups is 1. The van der Waals surface area contributed by atoms with Gasteiger partial charge < -0.3 is 20.5 Å². The topological polar surface area (TPSA) is 70.6 Å². The van der Waals surface area contributed by atoms with Gasteiger partial charge in [-0.25, -0.2) is 4.79 Å². The van der Waals surface area contributed by atoms with Crippen LogP contribution in [0.1, 0.15) is 26.7 Å². The van der Waals surface area contributed by atoms with Gasteiger partial charge in [0.2, 0.25) is 0 Å². The highest BCUT2D eigenvalue weighted by Gasteiger charge is 2.23. The molecule has 1 aromatic rings. The lowest BCUT2D eigenvalue weighted by molar-refractivity contribution is 0.0354. The number of methoxy groups -OCH3 is 1. The van der Waals surface area contributed by atoms with Crippen LogP contribution < -0.4 is 15.4 Å². The first-order valence-corrected chi connectivity index (χ1v) is 6.93. The minimum Gasteiger partial charge on any atom is -0.493 e. The first kappa shape index (κ1) is 16.6. The molecule has 3 N–H and O–H groups in total. The van der Waals surface area contributed by atoms with Crippen LogP contribution >= 0.6 is 11.6 Å². The van der Waals surface area contributed by atoms with Gasteiger partial charge in [-0.2, -0.15) is 0 Å². The van der Waals surface area contributed by atoms with E-state index in [1.165, 1.54) is 7.11 Å². The zero-order valence-corrected chi connectivity index (χ0v) is 12.8. The maximum Gasteiger partial charge on any atom is 0.319 e. The van der Waals surface area contributed by atoms with Crippen LogP contribution in [0, 0.1) is 0 Å². The van der Waals surface area contributed by atoms with E-state index in [0.717, 1.165) is 0 Å². The Morgan fingerprint density at radius 2 is 2.05 bits per heavy atom. The van der Waals surface area contributed by atoms with Crippen molar-refractivity contribution in [3.8, 4) is 5.75 Å². The molecule has 0 heterocycles. The normalized spacial score (nSPS) is 11.1. The Hall–Kier alpha value is -1.46. The van der Waals surface area contributed by atoms with E-state index in [2.05, 4.69) is 10.6 Å². The lowest BCUT2D eigenvalue weighted by atomic mass is 9.98.